The molecule has 1 aromatic rings. The minimum Gasteiger partial charge on any atom is -0.493 e. The van der Waals surface area contributed by atoms with Crippen LogP contribution in [0, 0.1) is 5.92 Å². The largest absolute Gasteiger partial charge is 0.493 e. The molecular formula is C19H22F2N4O4. The molecule has 29 heavy (non-hydrogen) atoms. The second kappa shape index (κ2) is 9.66. The van der Waals surface area contributed by atoms with Gasteiger partial charge in [0.05, 0.1) is 26.4 Å². The Labute approximate surface area is 166 Å². The van der Waals surface area contributed by atoms with Crippen LogP contribution in [0.1, 0.15) is 23.9 Å². The monoisotopic (exact) mass is 408 g/mol. The van der Waals surface area contributed by atoms with Crippen molar-refractivity contribution in [2.24, 2.45) is 5.92 Å². The molecule has 0 spiro atoms. The van der Waals surface area contributed by atoms with Crippen LogP contribution in [0.4, 0.5) is 8.78 Å². The Morgan fingerprint density at radius 3 is 2.66 bits per heavy atom. The van der Waals surface area contributed by atoms with Crippen molar-refractivity contribution in [3.63, 3.8) is 0 Å². The number of rotatable bonds is 7. The number of methoxy groups -OCH3 is 1. The molecule has 1 fully saturated rings. The van der Waals surface area contributed by atoms with Gasteiger partial charge < -0.3 is 14.8 Å². The fraction of sp³-hybridized carbons (Fsp3) is 0.474. The maximum atomic E-state index is 12.7. The number of nitrogens with zero attached hydrogens (tertiary/aromatic N) is 3. The normalized spacial score (nSPS) is 21.0. The summed E-state index contributed by atoms with van der Waals surface area (Å²) in [7, 11) is 1.37. The SMILES string of the molecule is COC1=CC=CC(C(=O)NCC(c2cnc(C(F)F)nc2)N2CCOCC2)C1=O. The minimum absolute atomic E-state index is 0.119. The first-order valence-electron chi connectivity index (χ1n) is 9.17. The third-order valence-corrected chi connectivity index (χ3v) is 4.81. The van der Waals surface area contributed by atoms with Gasteiger partial charge >= 0.3 is 0 Å². The van der Waals surface area contributed by atoms with Crippen LogP contribution in [0.2, 0.25) is 0 Å². The van der Waals surface area contributed by atoms with Gasteiger partial charge in [-0.1, -0.05) is 12.2 Å². The van der Waals surface area contributed by atoms with Gasteiger partial charge in [0.15, 0.2) is 11.6 Å². The maximum Gasteiger partial charge on any atom is 0.297 e. The standard InChI is InChI=1S/C19H22F2N4O4/c1-28-15-4-2-3-13(16(15)26)19(27)24-11-14(25-5-7-29-8-6-25)12-9-22-18(17(20)21)23-10-12/h2-4,9-10,13-14,17H,5-8,11H2,1H3,(H,24,27). The van der Waals surface area contributed by atoms with Crippen LogP contribution in [0.15, 0.2) is 36.4 Å². The van der Waals surface area contributed by atoms with E-state index < -0.39 is 29.9 Å². The fourth-order valence-corrected chi connectivity index (χ4v) is 3.24. The molecular weight excluding hydrogens is 386 g/mol. The molecule has 10 heteroatoms. The van der Waals surface area contributed by atoms with Gasteiger partial charge in [0.2, 0.25) is 11.7 Å². The summed E-state index contributed by atoms with van der Waals surface area (Å²) < 4.78 is 35.8. The molecule has 2 atom stereocenters. The number of hydrogen-bond acceptors (Lipinski definition) is 7. The van der Waals surface area contributed by atoms with E-state index in [1.807, 2.05) is 0 Å². The Kier molecular flexibility index (Phi) is 6.99. The Morgan fingerprint density at radius 1 is 1.34 bits per heavy atom. The number of hydrogen-bond donors (Lipinski definition) is 1. The number of carbonyl (C=O) groups is 2. The first-order valence-corrected chi connectivity index (χ1v) is 9.17. The zero-order valence-electron chi connectivity index (χ0n) is 15.9. The highest BCUT2D eigenvalue weighted by Gasteiger charge is 2.31. The summed E-state index contributed by atoms with van der Waals surface area (Å²) in [6.45, 7) is 2.42. The van der Waals surface area contributed by atoms with E-state index in [4.69, 9.17) is 9.47 Å². The zero-order valence-corrected chi connectivity index (χ0v) is 15.9. The van der Waals surface area contributed by atoms with Crippen molar-refractivity contribution in [1.82, 2.24) is 20.2 Å². The summed E-state index contributed by atoms with van der Waals surface area (Å²) in [5.74, 6) is -2.28. The molecule has 2 aliphatic rings. The van der Waals surface area contributed by atoms with E-state index >= 15 is 0 Å². The van der Waals surface area contributed by atoms with E-state index in [1.54, 1.807) is 6.08 Å². The third kappa shape index (κ3) is 5.01. The van der Waals surface area contributed by atoms with E-state index in [-0.39, 0.29) is 18.3 Å². The van der Waals surface area contributed by atoms with Gasteiger partial charge in [-0.25, -0.2) is 18.7 Å². The number of Topliss-reactive ketones (excluding diaryl/α,β-unsaturated/α-hetero) is 1. The second-order valence-electron chi connectivity index (χ2n) is 6.55. The molecule has 1 amide bonds. The molecule has 0 saturated carbocycles. The molecule has 1 saturated heterocycles. The van der Waals surface area contributed by atoms with Crippen molar-refractivity contribution in [3.8, 4) is 0 Å². The highest BCUT2D eigenvalue weighted by molar-refractivity contribution is 6.11. The fourth-order valence-electron chi connectivity index (χ4n) is 3.24. The molecule has 0 bridgehead atoms. The summed E-state index contributed by atoms with van der Waals surface area (Å²) in [4.78, 5) is 34.4. The van der Waals surface area contributed by atoms with E-state index in [1.165, 1.54) is 31.7 Å². The zero-order chi connectivity index (χ0) is 20.8. The number of aromatic nitrogens is 2. The predicted molar refractivity (Wildman–Crippen MR) is 97.9 cm³/mol. The number of alkyl halides is 2. The molecule has 3 rings (SSSR count). The van der Waals surface area contributed by atoms with Gasteiger partial charge in [0, 0.05) is 37.6 Å². The molecule has 2 heterocycles. The predicted octanol–water partition coefficient (Wildman–Crippen LogP) is 1.19. The number of halogens is 2. The highest BCUT2D eigenvalue weighted by Crippen LogP contribution is 2.22. The second-order valence-corrected chi connectivity index (χ2v) is 6.55. The summed E-state index contributed by atoms with van der Waals surface area (Å²) in [5, 5.41) is 2.78. The van der Waals surface area contributed by atoms with Crippen LogP contribution < -0.4 is 5.32 Å². The summed E-state index contributed by atoms with van der Waals surface area (Å²) >= 11 is 0. The first-order chi connectivity index (χ1) is 14.0. The molecule has 0 aromatic carbocycles. The van der Waals surface area contributed by atoms with Crippen LogP contribution in [0.3, 0.4) is 0 Å². The quantitative estimate of drug-likeness (QED) is 0.678. The van der Waals surface area contributed by atoms with Crippen molar-refractivity contribution in [2.75, 3.05) is 40.0 Å². The van der Waals surface area contributed by atoms with Crippen molar-refractivity contribution in [3.05, 3.63) is 47.8 Å². The number of allylic oxidation sites excluding steroid dienone is 3. The van der Waals surface area contributed by atoms with Crippen molar-refractivity contribution < 1.29 is 27.8 Å². The number of nitrogens with one attached hydrogen (secondary N) is 1. The number of morpholine rings is 1. The van der Waals surface area contributed by atoms with Crippen LogP contribution in [0.25, 0.3) is 0 Å². The van der Waals surface area contributed by atoms with Crippen molar-refractivity contribution >= 4 is 11.7 Å². The molecule has 2 unspecified atom stereocenters. The van der Waals surface area contributed by atoms with E-state index in [0.29, 0.717) is 31.9 Å². The average molecular weight is 408 g/mol. The summed E-state index contributed by atoms with van der Waals surface area (Å²) in [5.41, 5.74) is 0.597. The Hall–Kier alpha value is -2.72. The first kappa shape index (κ1) is 21.0. The Morgan fingerprint density at radius 2 is 2.03 bits per heavy atom. The lowest BCUT2D eigenvalue weighted by Crippen LogP contribution is -2.45. The Balaban J connectivity index is 1.71. The maximum absolute atomic E-state index is 12.7. The number of ketones is 1. The third-order valence-electron chi connectivity index (χ3n) is 4.81. The molecule has 1 N–H and O–H groups in total. The summed E-state index contributed by atoms with van der Waals surface area (Å²) in [6, 6.07) is -0.338. The van der Waals surface area contributed by atoms with Gasteiger partial charge in [0.1, 0.15) is 5.92 Å². The van der Waals surface area contributed by atoms with Gasteiger partial charge in [0.25, 0.3) is 6.43 Å². The molecule has 1 aromatic heterocycles. The van der Waals surface area contributed by atoms with Crippen molar-refractivity contribution in [2.45, 2.75) is 12.5 Å². The number of ether oxygens (including phenoxy) is 2. The molecule has 1 aliphatic heterocycles. The van der Waals surface area contributed by atoms with Crippen LogP contribution >= 0.6 is 0 Å². The van der Waals surface area contributed by atoms with Crippen LogP contribution in [0.5, 0.6) is 0 Å². The van der Waals surface area contributed by atoms with Crippen LogP contribution in [-0.2, 0) is 19.1 Å². The molecule has 1 aliphatic carbocycles. The molecule has 0 radical (unpaired) electrons. The lowest BCUT2D eigenvalue weighted by Gasteiger charge is -2.34. The van der Waals surface area contributed by atoms with E-state index in [0.717, 1.165) is 0 Å². The highest BCUT2D eigenvalue weighted by atomic mass is 19.3. The van der Waals surface area contributed by atoms with Gasteiger partial charge in [-0.2, -0.15) is 0 Å². The van der Waals surface area contributed by atoms with Gasteiger partial charge in [-0.05, 0) is 6.08 Å². The smallest absolute Gasteiger partial charge is 0.297 e. The van der Waals surface area contributed by atoms with Gasteiger partial charge in [-0.3, -0.25) is 14.5 Å². The van der Waals surface area contributed by atoms with E-state index in [9.17, 15) is 18.4 Å². The van der Waals surface area contributed by atoms with Gasteiger partial charge in [-0.15, -0.1) is 0 Å². The molecule has 8 nitrogen and oxygen atoms in total. The van der Waals surface area contributed by atoms with E-state index in [2.05, 4.69) is 20.2 Å². The number of carbonyl (C=O) groups excluding carboxylic acids is 2. The van der Waals surface area contributed by atoms with Crippen LogP contribution in [-0.4, -0.2) is 66.5 Å². The minimum atomic E-state index is -2.75. The van der Waals surface area contributed by atoms with Crippen molar-refractivity contribution in [1.29, 1.82) is 0 Å². The lowest BCUT2D eigenvalue weighted by molar-refractivity contribution is -0.132. The topological polar surface area (TPSA) is 93.7 Å². The molecule has 156 valence electrons. The average Bonchev–Trinajstić information content (AvgIpc) is 2.75. The Bertz CT molecular complexity index is 792. The number of amides is 1. The lowest BCUT2D eigenvalue weighted by atomic mass is 9.96. The summed E-state index contributed by atoms with van der Waals surface area (Å²) in [6.07, 6.45) is 4.55.